The van der Waals surface area contributed by atoms with Gasteiger partial charge in [-0.05, 0) is 31.4 Å². The molecule has 1 amide bonds. The summed E-state index contributed by atoms with van der Waals surface area (Å²) in [7, 11) is 0. The lowest BCUT2D eigenvalue weighted by Crippen LogP contribution is -2.44. The fourth-order valence-corrected chi connectivity index (χ4v) is 3.26. The Balaban J connectivity index is 1.89. The minimum Gasteiger partial charge on any atom is -0.343 e. The largest absolute Gasteiger partial charge is 0.343 e. The third kappa shape index (κ3) is 3.80. The Morgan fingerprint density at radius 3 is 2.58 bits per heavy atom. The number of amides is 1. The van der Waals surface area contributed by atoms with Gasteiger partial charge in [0, 0.05) is 36.6 Å². The highest BCUT2D eigenvalue weighted by atomic mass is 79.9. The van der Waals surface area contributed by atoms with Gasteiger partial charge in [0.15, 0.2) is 0 Å². The summed E-state index contributed by atoms with van der Waals surface area (Å²) < 4.78 is 1.15. The molecule has 1 heterocycles. The highest BCUT2D eigenvalue weighted by Gasteiger charge is 2.22. The number of hydrogen-bond donors (Lipinski definition) is 1. The van der Waals surface area contributed by atoms with Crippen LogP contribution >= 0.6 is 15.9 Å². The van der Waals surface area contributed by atoms with Crippen molar-refractivity contribution in [3.8, 4) is 0 Å². The van der Waals surface area contributed by atoms with Gasteiger partial charge in [-0.15, -0.1) is 0 Å². The van der Waals surface area contributed by atoms with Crippen LogP contribution in [-0.4, -0.2) is 29.9 Å². The minimum absolute atomic E-state index is 0.192. The third-order valence-electron chi connectivity index (χ3n) is 3.80. The molecule has 1 saturated heterocycles. The molecule has 0 aromatic heterocycles. The van der Waals surface area contributed by atoms with E-state index in [2.05, 4.69) is 46.4 Å². The van der Waals surface area contributed by atoms with Crippen molar-refractivity contribution in [2.75, 3.05) is 13.1 Å². The number of hydrogen-bond acceptors (Lipinski definition) is 2. The van der Waals surface area contributed by atoms with E-state index < -0.39 is 0 Å². The first-order chi connectivity index (χ1) is 9.08. The second kappa shape index (κ2) is 6.53. The molecule has 1 fully saturated rings. The van der Waals surface area contributed by atoms with Gasteiger partial charge in [-0.2, -0.15) is 0 Å². The third-order valence-corrected chi connectivity index (χ3v) is 4.52. The average Bonchev–Trinajstić information content (AvgIpc) is 2.39. The highest BCUT2D eigenvalue weighted by Crippen LogP contribution is 2.24. The zero-order valence-corrected chi connectivity index (χ0v) is 13.1. The van der Waals surface area contributed by atoms with Crippen LogP contribution in [0.1, 0.15) is 38.3 Å². The predicted octanol–water partition coefficient (Wildman–Crippen LogP) is 3.11. The second-order valence-corrected chi connectivity index (χ2v) is 6.04. The van der Waals surface area contributed by atoms with E-state index in [-0.39, 0.29) is 5.91 Å². The minimum atomic E-state index is 0.192. The first kappa shape index (κ1) is 14.5. The van der Waals surface area contributed by atoms with Crippen molar-refractivity contribution in [3.63, 3.8) is 0 Å². The summed E-state index contributed by atoms with van der Waals surface area (Å²) in [5.74, 6) is 0.192. The standard InChI is InChI=1S/C15H21BrN2O/c1-11(14-5-3-4-6-15(14)16)17-13-7-9-18(10-8-13)12(2)19/h3-6,11,13,17H,7-10H2,1-2H3/t11-/m0/s1. The highest BCUT2D eigenvalue weighted by molar-refractivity contribution is 9.10. The van der Waals surface area contributed by atoms with Crippen molar-refractivity contribution >= 4 is 21.8 Å². The quantitative estimate of drug-likeness (QED) is 0.926. The zero-order chi connectivity index (χ0) is 13.8. The molecule has 0 unspecified atom stereocenters. The molecule has 1 atom stereocenters. The van der Waals surface area contributed by atoms with Gasteiger partial charge in [-0.25, -0.2) is 0 Å². The second-order valence-electron chi connectivity index (χ2n) is 5.19. The van der Waals surface area contributed by atoms with Crippen molar-refractivity contribution < 1.29 is 4.79 Å². The number of piperidine rings is 1. The van der Waals surface area contributed by atoms with E-state index in [4.69, 9.17) is 0 Å². The Morgan fingerprint density at radius 1 is 1.37 bits per heavy atom. The smallest absolute Gasteiger partial charge is 0.219 e. The Hall–Kier alpha value is -0.870. The first-order valence-electron chi connectivity index (χ1n) is 6.84. The number of carbonyl (C=O) groups excluding carboxylic acids is 1. The number of benzene rings is 1. The molecule has 0 bridgehead atoms. The summed E-state index contributed by atoms with van der Waals surface area (Å²) in [4.78, 5) is 13.2. The molecule has 0 radical (unpaired) electrons. The Kier molecular flexibility index (Phi) is 4.99. The first-order valence-corrected chi connectivity index (χ1v) is 7.63. The molecule has 1 aliphatic rings. The van der Waals surface area contributed by atoms with Crippen molar-refractivity contribution in [3.05, 3.63) is 34.3 Å². The van der Waals surface area contributed by atoms with Gasteiger partial charge < -0.3 is 10.2 Å². The van der Waals surface area contributed by atoms with Crippen LogP contribution in [0, 0.1) is 0 Å². The lowest BCUT2D eigenvalue weighted by atomic mass is 10.0. The van der Waals surface area contributed by atoms with E-state index in [1.807, 2.05) is 11.0 Å². The maximum absolute atomic E-state index is 11.3. The van der Waals surface area contributed by atoms with Crippen LogP contribution in [0.2, 0.25) is 0 Å². The molecule has 1 aliphatic heterocycles. The van der Waals surface area contributed by atoms with Gasteiger partial charge >= 0.3 is 0 Å². The topological polar surface area (TPSA) is 32.3 Å². The van der Waals surface area contributed by atoms with Crippen LogP contribution in [0.4, 0.5) is 0 Å². The van der Waals surface area contributed by atoms with Gasteiger partial charge in [0.25, 0.3) is 0 Å². The molecule has 1 N–H and O–H groups in total. The van der Waals surface area contributed by atoms with Gasteiger partial charge in [0.05, 0.1) is 0 Å². The number of likely N-dealkylation sites (tertiary alicyclic amines) is 1. The molecule has 0 spiro atoms. The molecule has 1 aromatic rings. The van der Waals surface area contributed by atoms with E-state index in [1.165, 1.54) is 5.56 Å². The molecule has 1 aromatic carbocycles. The number of halogens is 1. The Labute approximate surface area is 123 Å². The molecule has 19 heavy (non-hydrogen) atoms. The molecular weight excluding hydrogens is 304 g/mol. The van der Waals surface area contributed by atoms with Gasteiger partial charge in [0.2, 0.25) is 5.91 Å². The van der Waals surface area contributed by atoms with E-state index in [1.54, 1.807) is 6.92 Å². The summed E-state index contributed by atoms with van der Waals surface area (Å²) in [6.45, 7) is 5.58. The van der Waals surface area contributed by atoms with Crippen LogP contribution in [0.3, 0.4) is 0 Å². The normalized spacial score (nSPS) is 18.4. The SMILES string of the molecule is CC(=O)N1CCC(N[C@@H](C)c2ccccc2Br)CC1. The van der Waals surface area contributed by atoms with Crippen LogP contribution in [0.5, 0.6) is 0 Å². The maximum Gasteiger partial charge on any atom is 0.219 e. The summed E-state index contributed by atoms with van der Waals surface area (Å²) in [6, 6.07) is 9.14. The van der Waals surface area contributed by atoms with Gasteiger partial charge in [-0.3, -0.25) is 4.79 Å². The van der Waals surface area contributed by atoms with Crippen molar-refractivity contribution in [2.45, 2.75) is 38.8 Å². The Bertz CT molecular complexity index is 442. The number of rotatable bonds is 3. The Morgan fingerprint density at radius 2 is 2.00 bits per heavy atom. The summed E-state index contributed by atoms with van der Waals surface area (Å²) in [5, 5.41) is 3.67. The van der Waals surface area contributed by atoms with E-state index >= 15 is 0 Å². The fraction of sp³-hybridized carbons (Fsp3) is 0.533. The summed E-state index contributed by atoms with van der Waals surface area (Å²) in [5.41, 5.74) is 1.29. The molecule has 0 aliphatic carbocycles. The molecule has 104 valence electrons. The molecular formula is C15H21BrN2O. The van der Waals surface area contributed by atoms with Crippen LogP contribution in [-0.2, 0) is 4.79 Å². The molecule has 0 saturated carbocycles. The van der Waals surface area contributed by atoms with E-state index in [9.17, 15) is 4.79 Å². The van der Waals surface area contributed by atoms with E-state index in [0.717, 1.165) is 30.4 Å². The summed E-state index contributed by atoms with van der Waals surface area (Å²) in [6.07, 6.45) is 2.07. The van der Waals surface area contributed by atoms with Crippen LogP contribution < -0.4 is 5.32 Å². The zero-order valence-electron chi connectivity index (χ0n) is 11.5. The lowest BCUT2D eigenvalue weighted by molar-refractivity contribution is -0.129. The average molecular weight is 325 g/mol. The van der Waals surface area contributed by atoms with E-state index in [0.29, 0.717) is 12.1 Å². The van der Waals surface area contributed by atoms with Crippen molar-refractivity contribution in [2.24, 2.45) is 0 Å². The number of nitrogens with one attached hydrogen (secondary N) is 1. The van der Waals surface area contributed by atoms with Gasteiger partial charge in [-0.1, -0.05) is 34.1 Å². The molecule has 4 heteroatoms. The van der Waals surface area contributed by atoms with Crippen LogP contribution in [0.25, 0.3) is 0 Å². The number of nitrogens with zero attached hydrogens (tertiary/aromatic N) is 1. The lowest BCUT2D eigenvalue weighted by Gasteiger charge is -2.33. The predicted molar refractivity (Wildman–Crippen MR) is 81.0 cm³/mol. The fourth-order valence-electron chi connectivity index (χ4n) is 2.63. The molecule has 2 rings (SSSR count). The number of carbonyl (C=O) groups is 1. The van der Waals surface area contributed by atoms with Gasteiger partial charge in [0.1, 0.15) is 0 Å². The van der Waals surface area contributed by atoms with Crippen molar-refractivity contribution in [1.29, 1.82) is 0 Å². The maximum atomic E-state index is 11.3. The van der Waals surface area contributed by atoms with Crippen molar-refractivity contribution in [1.82, 2.24) is 10.2 Å². The van der Waals surface area contributed by atoms with Crippen LogP contribution in [0.15, 0.2) is 28.7 Å². The summed E-state index contributed by atoms with van der Waals surface area (Å²) >= 11 is 3.60. The molecule has 3 nitrogen and oxygen atoms in total. The monoisotopic (exact) mass is 324 g/mol.